The molecule has 27 heavy (non-hydrogen) atoms. The molecule has 8 nitrogen and oxygen atoms in total. The number of piperazine rings is 1. The van der Waals surface area contributed by atoms with E-state index in [9.17, 15) is 4.79 Å². The number of rotatable bonds is 2. The van der Waals surface area contributed by atoms with E-state index in [4.69, 9.17) is 9.15 Å². The van der Waals surface area contributed by atoms with Crippen molar-refractivity contribution in [3.8, 4) is 17.3 Å². The van der Waals surface area contributed by atoms with Crippen molar-refractivity contribution in [2.45, 2.75) is 0 Å². The highest BCUT2D eigenvalue weighted by atomic mass is 16.5. The number of hydrogen-bond donors (Lipinski definition) is 2. The van der Waals surface area contributed by atoms with Crippen LogP contribution in [0.1, 0.15) is 0 Å². The van der Waals surface area contributed by atoms with Crippen molar-refractivity contribution < 1.29 is 13.9 Å². The monoisotopic (exact) mass is 365 g/mol. The first kappa shape index (κ1) is 17.0. The number of imidazole rings is 1. The van der Waals surface area contributed by atoms with Crippen LogP contribution in [0.4, 0.5) is 0 Å². The topological polar surface area (TPSA) is 93.7 Å². The standard InChI is InChI=1S/C15H11N3O2.C4H8N2O/c1-19-15-7-6-14-16-9-11(18(14)17-15)13-8-10-4-2-3-5-12(10)20-13;7-4-3-5-1-2-6-4/h2-9H,1H3;5H,1-3H2,(H,6,7). The molecule has 1 aliphatic rings. The lowest BCUT2D eigenvalue weighted by atomic mass is 10.2. The molecular weight excluding hydrogens is 346 g/mol. The fourth-order valence-corrected chi connectivity index (χ4v) is 2.80. The second-order valence-electron chi connectivity index (χ2n) is 5.96. The second kappa shape index (κ2) is 7.46. The number of benzene rings is 1. The summed E-state index contributed by atoms with van der Waals surface area (Å²) in [6.45, 7) is 2.17. The number of ether oxygens (including phenoxy) is 1. The first-order valence-corrected chi connectivity index (χ1v) is 8.60. The van der Waals surface area contributed by atoms with Gasteiger partial charge in [0.1, 0.15) is 11.3 Å². The number of nitrogens with one attached hydrogen (secondary N) is 2. The summed E-state index contributed by atoms with van der Waals surface area (Å²) >= 11 is 0. The van der Waals surface area contributed by atoms with Gasteiger partial charge in [0.2, 0.25) is 11.8 Å². The fourth-order valence-electron chi connectivity index (χ4n) is 2.80. The average Bonchev–Trinajstić information content (AvgIpc) is 3.32. The quantitative estimate of drug-likeness (QED) is 0.563. The van der Waals surface area contributed by atoms with Gasteiger partial charge in [0.05, 0.1) is 19.9 Å². The van der Waals surface area contributed by atoms with Gasteiger partial charge in [-0.05, 0) is 18.2 Å². The zero-order valence-corrected chi connectivity index (χ0v) is 14.8. The van der Waals surface area contributed by atoms with Gasteiger partial charge in [0.15, 0.2) is 11.4 Å². The summed E-state index contributed by atoms with van der Waals surface area (Å²) in [6.07, 6.45) is 1.75. The smallest absolute Gasteiger partial charge is 0.234 e. The minimum Gasteiger partial charge on any atom is -0.480 e. The highest BCUT2D eigenvalue weighted by molar-refractivity contribution is 5.82. The van der Waals surface area contributed by atoms with Gasteiger partial charge in [-0.25, -0.2) is 9.50 Å². The van der Waals surface area contributed by atoms with Crippen LogP contribution in [0.5, 0.6) is 5.88 Å². The molecule has 138 valence electrons. The van der Waals surface area contributed by atoms with Crippen molar-refractivity contribution in [2.75, 3.05) is 26.7 Å². The summed E-state index contributed by atoms with van der Waals surface area (Å²) in [6, 6.07) is 13.5. The van der Waals surface area contributed by atoms with Crippen molar-refractivity contribution in [1.82, 2.24) is 25.2 Å². The summed E-state index contributed by atoms with van der Waals surface area (Å²) in [7, 11) is 1.59. The van der Waals surface area contributed by atoms with E-state index in [-0.39, 0.29) is 5.91 Å². The molecule has 0 aliphatic carbocycles. The van der Waals surface area contributed by atoms with Gasteiger partial charge >= 0.3 is 0 Å². The molecule has 4 heterocycles. The van der Waals surface area contributed by atoms with Crippen molar-refractivity contribution in [1.29, 1.82) is 0 Å². The minimum atomic E-state index is 0.103. The molecule has 4 aromatic rings. The normalized spacial score (nSPS) is 13.9. The minimum absolute atomic E-state index is 0.103. The molecule has 1 saturated heterocycles. The number of furan rings is 1. The van der Waals surface area contributed by atoms with Crippen LogP contribution in [0.3, 0.4) is 0 Å². The Morgan fingerprint density at radius 2 is 2.07 bits per heavy atom. The predicted octanol–water partition coefficient (Wildman–Crippen LogP) is 1.86. The molecule has 0 radical (unpaired) electrons. The van der Waals surface area contributed by atoms with Crippen molar-refractivity contribution >= 4 is 22.5 Å². The molecular formula is C19H19N5O3. The van der Waals surface area contributed by atoms with E-state index in [1.54, 1.807) is 23.9 Å². The van der Waals surface area contributed by atoms with Crippen molar-refractivity contribution in [2.24, 2.45) is 0 Å². The van der Waals surface area contributed by atoms with Crippen LogP contribution in [0, 0.1) is 0 Å². The Balaban J connectivity index is 0.000000218. The molecule has 1 fully saturated rings. The van der Waals surface area contributed by atoms with E-state index >= 15 is 0 Å². The first-order valence-electron chi connectivity index (χ1n) is 8.60. The van der Waals surface area contributed by atoms with Crippen molar-refractivity contribution in [3.05, 3.63) is 48.7 Å². The Morgan fingerprint density at radius 3 is 2.78 bits per heavy atom. The number of fused-ring (bicyclic) bond motifs is 2. The SMILES string of the molecule is COc1ccc2ncc(-c3cc4ccccc4o3)n2n1.O=C1CNCCN1. The number of carbonyl (C=O) groups excluding carboxylic acids is 1. The van der Waals surface area contributed by atoms with E-state index < -0.39 is 0 Å². The van der Waals surface area contributed by atoms with E-state index in [0.29, 0.717) is 12.4 Å². The molecule has 3 aromatic heterocycles. The van der Waals surface area contributed by atoms with Gasteiger partial charge in [-0.1, -0.05) is 18.2 Å². The summed E-state index contributed by atoms with van der Waals surface area (Å²) in [5, 5.41) is 11.0. The van der Waals surface area contributed by atoms with Gasteiger partial charge in [-0.3, -0.25) is 4.79 Å². The third-order valence-electron chi connectivity index (χ3n) is 4.13. The maximum absolute atomic E-state index is 10.3. The zero-order valence-electron chi connectivity index (χ0n) is 14.8. The number of methoxy groups -OCH3 is 1. The average molecular weight is 365 g/mol. The van der Waals surface area contributed by atoms with Gasteiger partial charge < -0.3 is 19.8 Å². The van der Waals surface area contributed by atoms with E-state index in [2.05, 4.69) is 20.7 Å². The van der Waals surface area contributed by atoms with Crippen LogP contribution in [0.15, 0.2) is 53.1 Å². The molecule has 0 saturated carbocycles. The van der Waals surface area contributed by atoms with Gasteiger partial charge in [0.25, 0.3) is 0 Å². The Hall–Kier alpha value is -3.39. The van der Waals surface area contributed by atoms with E-state index in [0.717, 1.165) is 41.2 Å². The molecule has 0 spiro atoms. The van der Waals surface area contributed by atoms with Gasteiger partial charge in [-0.15, -0.1) is 5.10 Å². The number of carbonyl (C=O) groups is 1. The highest BCUT2D eigenvalue weighted by Gasteiger charge is 2.12. The molecule has 0 unspecified atom stereocenters. The lowest BCUT2D eigenvalue weighted by Gasteiger charge is -2.11. The first-order chi connectivity index (χ1) is 13.2. The summed E-state index contributed by atoms with van der Waals surface area (Å²) < 4.78 is 12.7. The van der Waals surface area contributed by atoms with Gasteiger partial charge in [0, 0.05) is 24.5 Å². The van der Waals surface area contributed by atoms with E-state index in [1.807, 2.05) is 36.4 Å². The molecule has 1 amide bonds. The van der Waals surface area contributed by atoms with Gasteiger partial charge in [-0.2, -0.15) is 0 Å². The maximum atomic E-state index is 10.3. The lowest BCUT2D eigenvalue weighted by molar-refractivity contribution is -0.121. The number of para-hydroxylation sites is 1. The largest absolute Gasteiger partial charge is 0.480 e. The van der Waals surface area contributed by atoms with Crippen molar-refractivity contribution in [3.63, 3.8) is 0 Å². The summed E-state index contributed by atoms with van der Waals surface area (Å²) in [4.78, 5) is 14.6. The highest BCUT2D eigenvalue weighted by Crippen LogP contribution is 2.28. The molecule has 5 rings (SSSR count). The Morgan fingerprint density at radius 1 is 1.19 bits per heavy atom. The fraction of sp³-hybridized carbons (Fsp3) is 0.211. The number of nitrogens with zero attached hydrogens (tertiary/aromatic N) is 3. The number of amides is 1. The molecule has 8 heteroatoms. The maximum Gasteiger partial charge on any atom is 0.234 e. The summed E-state index contributed by atoms with van der Waals surface area (Å²) in [5.74, 6) is 1.37. The lowest BCUT2D eigenvalue weighted by Crippen LogP contribution is -2.44. The second-order valence-corrected chi connectivity index (χ2v) is 5.96. The number of aromatic nitrogens is 3. The zero-order chi connectivity index (χ0) is 18.6. The Kier molecular flexibility index (Phi) is 4.71. The van der Waals surface area contributed by atoms with Crippen LogP contribution in [0.25, 0.3) is 28.1 Å². The third kappa shape index (κ3) is 3.61. The Labute approximate surface area is 155 Å². The van der Waals surface area contributed by atoms with Crippen LogP contribution in [-0.2, 0) is 4.79 Å². The molecule has 0 atom stereocenters. The van der Waals surface area contributed by atoms with Crippen LogP contribution in [0.2, 0.25) is 0 Å². The van der Waals surface area contributed by atoms with Crippen LogP contribution < -0.4 is 15.4 Å². The molecule has 1 aromatic carbocycles. The number of hydrogen-bond acceptors (Lipinski definition) is 6. The predicted molar refractivity (Wildman–Crippen MR) is 101 cm³/mol. The molecule has 0 bridgehead atoms. The summed E-state index contributed by atoms with van der Waals surface area (Å²) in [5.41, 5.74) is 2.40. The Bertz CT molecular complexity index is 1040. The molecule has 2 N–H and O–H groups in total. The molecule has 1 aliphatic heterocycles. The third-order valence-corrected chi connectivity index (χ3v) is 4.13. The van der Waals surface area contributed by atoms with Crippen LogP contribution in [-0.4, -0.2) is 47.2 Å². The van der Waals surface area contributed by atoms with E-state index in [1.165, 1.54) is 0 Å². The van der Waals surface area contributed by atoms with Crippen LogP contribution >= 0.6 is 0 Å².